The number of likely N-dealkylation sites (tertiary alicyclic amines) is 1. The van der Waals surface area contributed by atoms with Crippen molar-refractivity contribution < 1.29 is 26.7 Å². The summed E-state index contributed by atoms with van der Waals surface area (Å²) in [5.41, 5.74) is -0.331. The lowest BCUT2D eigenvalue weighted by Gasteiger charge is -2.32. The van der Waals surface area contributed by atoms with Gasteiger partial charge in [-0.15, -0.1) is 0 Å². The number of hydrogen-bond acceptors (Lipinski definition) is 4. The number of aromatic amines is 1. The van der Waals surface area contributed by atoms with Gasteiger partial charge in [0.05, 0.1) is 22.5 Å². The SMILES string of the molecule is O=C(c1cc(-c2cccnc2)n(-c2ccc(I)c(C(F)(F)F)c2)n1)N1CCC(n2c(=O)[nH]c3ccc(F)c(F)c32)CC1. The molecule has 216 valence electrons. The molecule has 4 heterocycles. The first-order chi connectivity index (χ1) is 20.0. The average Bonchev–Trinajstić information content (AvgIpc) is 3.57. The number of imidazole rings is 1. The van der Waals surface area contributed by atoms with Crippen LogP contribution in [0.25, 0.3) is 28.0 Å². The first-order valence-electron chi connectivity index (χ1n) is 12.8. The Morgan fingerprint density at radius 1 is 1.05 bits per heavy atom. The van der Waals surface area contributed by atoms with Gasteiger partial charge in [-0.25, -0.2) is 18.3 Å². The third-order valence-electron chi connectivity index (χ3n) is 7.27. The van der Waals surface area contributed by atoms with E-state index in [0.29, 0.717) is 11.3 Å². The van der Waals surface area contributed by atoms with Crippen LogP contribution in [0, 0.1) is 15.2 Å². The number of piperidine rings is 1. The summed E-state index contributed by atoms with van der Waals surface area (Å²) in [7, 11) is 0. The summed E-state index contributed by atoms with van der Waals surface area (Å²) in [5, 5.41) is 4.41. The lowest BCUT2D eigenvalue weighted by molar-refractivity contribution is -0.138. The standard InChI is InChI=1S/C28H20F5IN6O2/c29-19-4-6-21-25(24(19)30)39(27(42)36-21)16-7-10-38(11-8-16)26(41)22-13-23(15-2-1-9-35-14-15)40(37-22)17-3-5-20(34)18(12-17)28(31,32)33/h1-6,9,12-14,16H,7-8,10-11H2,(H,36,42). The molecule has 1 amide bonds. The number of pyridine rings is 1. The van der Waals surface area contributed by atoms with E-state index in [9.17, 15) is 31.5 Å². The summed E-state index contributed by atoms with van der Waals surface area (Å²) >= 11 is 1.62. The molecular formula is C28H20F5IN6O2. The Morgan fingerprint density at radius 2 is 1.81 bits per heavy atom. The summed E-state index contributed by atoms with van der Waals surface area (Å²) in [6.07, 6.45) is -0.940. The Bertz CT molecular complexity index is 1870. The van der Waals surface area contributed by atoms with Crippen LogP contribution in [0.4, 0.5) is 22.0 Å². The smallest absolute Gasteiger partial charge is 0.337 e. The molecule has 6 rings (SSSR count). The maximum Gasteiger partial charge on any atom is 0.417 e. The minimum atomic E-state index is -4.58. The number of H-pyrrole nitrogens is 1. The van der Waals surface area contributed by atoms with Gasteiger partial charge in [0.15, 0.2) is 17.3 Å². The number of rotatable bonds is 4. The Labute approximate surface area is 247 Å². The molecule has 42 heavy (non-hydrogen) atoms. The van der Waals surface area contributed by atoms with Crippen molar-refractivity contribution in [1.29, 1.82) is 0 Å². The van der Waals surface area contributed by atoms with Crippen molar-refractivity contribution in [3.8, 4) is 16.9 Å². The van der Waals surface area contributed by atoms with Crippen LogP contribution in [0.5, 0.6) is 0 Å². The van der Waals surface area contributed by atoms with E-state index >= 15 is 0 Å². The Hall–Kier alpha value is -4.08. The van der Waals surface area contributed by atoms with Crippen molar-refractivity contribution in [2.45, 2.75) is 25.1 Å². The van der Waals surface area contributed by atoms with Crippen LogP contribution in [-0.2, 0) is 6.18 Å². The number of amides is 1. The van der Waals surface area contributed by atoms with E-state index in [1.54, 1.807) is 40.9 Å². The van der Waals surface area contributed by atoms with Crippen LogP contribution in [-0.4, -0.2) is 48.2 Å². The van der Waals surface area contributed by atoms with Crippen LogP contribution in [0.2, 0.25) is 0 Å². The number of carbonyl (C=O) groups is 1. The van der Waals surface area contributed by atoms with Gasteiger partial charge in [-0.3, -0.25) is 14.3 Å². The first kappa shape index (κ1) is 28.1. The predicted octanol–water partition coefficient (Wildman–Crippen LogP) is 5.96. The first-order valence-corrected chi connectivity index (χ1v) is 13.9. The number of hydrogen-bond donors (Lipinski definition) is 1. The molecule has 0 radical (unpaired) electrons. The van der Waals surface area contributed by atoms with Gasteiger partial charge in [-0.05, 0) is 84.0 Å². The van der Waals surface area contributed by atoms with Crippen LogP contribution in [0.3, 0.4) is 0 Å². The molecule has 5 aromatic rings. The van der Waals surface area contributed by atoms with Crippen molar-refractivity contribution in [3.63, 3.8) is 0 Å². The number of fused-ring (bicyclic) bond motifs is 1. The second kappa shape index (κ2) is 10.6. The maximum absolute atomic E-state index is 14.6. The largest absolute Gasteiger partial charge is 0.417 e. The Morgan fingerprint density at radius 3 is 2.50 bits per heavy atom. The third-order valence-corrected chi connectivity index (χ3v) is 8.21. The highest BCUT2D eigenvalue weighted by Crippen LogP contribution is 2.35. The highest BCUT2D eigenvalue weighted by Gasteiger charge is 2.34. The van der Waals surface area contributed by atoms with Gasteiger partial charge in [-0.1, -0.05) is 0 Å². The van der Waals surface area contributed by atoms with E-state index in [4.69, 9.17) is 0 Å². The van der Waals surface area contributed by atoms with Crippen molar-refractivity contribution in [2.24, 2.45) is 0 Å². The molecule has 0 bridgehead atoms. The van der Waals surface area contributed by atoms with Crippen molar-refractivity contribution in [2.75, 3.05) is 13.1 Å². The van der Waals surface area contributed by atoms with Gasteiger partial charge in [-0.2, -0.15) is 18.3 Å². The molecule has 1 aliphatic heterocycles. The number of aromatic nitrogens is 5. The highest BCUT2D eigenvalue weighted by molar-refractivity contribution is 14.1. The van der Waals surface area contributed by atoms with E-state index in [1.807, 2.05) is 0 Å². The summed E-state index contributed by atoms with van der Waals surface area (Å²) in [6, 6.07) is 10.4. The lowest BCUT2D eigenvalue weighted by atomic mass is 10.0. The topological polar surface area (TPSA) is 88.8 Å². The molecule has 8 nitrogen and oxygen atoms in total. The van der Waals surface area contributed by atoms with E-state index in [0.717, 1.165) is 12.1 Å². The molecule has 0 atom stereocenters. The van der Waals surface area contributed by atoms with Gasteiger partial charge >= 0.3 is 11.9 Å². The summed E-state index contributed by atoms with van der Waals surface area (Å²) in [4.78, 5) is 34.3. The van der Waals surface area contributed by atoms with Crippen LogP contribution >= 0.6 is 22.6 Å². The minimum absolute atomic E-state index is 0.0109. The monoisotopic (exact) mass is 694 g/mol. The molecule has 0 unspecified atom stereocenters. The summed E-state index contributed by atoms with van der Waals surface area (Å²) in [6.45, 7) is 0.382. The molecule has 0 saturated carbocycles. The second-order valence-corrected chi connectivity index (χ2v) is 11.0. The maximum atomic E-state index is 14.6. The fourth-order valence-corrected chi connectivity index (χ4v) is 5.90. The molecule has 3 aromatic heterocycles. The highest BCUT2D eigenvalue weighted by atomic mass is 127. The molecule has 1 saturated heterocycles. The number of benzene rings is 2. The summed E-state index contributed by atoms with van der Waals surface area (Å²) < 4.78 is 72.0. The van der Waals surface area contributed by atoms with Gasteiger partial charge in [0.2, 0.25) is 0 Å². The zero-order valence-corrected chi connectivity index (χ0v) is 23.7. The number of halogens is 6. The molecule has 1 aliphatic rings. The van der Waals surface area contributed by atoms with E-state index in [2.05, 4.69) is 15.1 Å². The number of nitrogens with zero attached hydrogens (tertiary/aromatic N) is 5. The molecule has 0 aliphatic carbocycles. The van der Waals surface area contributed by atoms with Crippen LogP contribution in [0.1, 0.15) is 34.9 Å². The van der Waals surface area contributed by atoms with Crippen molar-refractivity contribution >= 4 is 39.5 Å². The number of alkyl halides is 3. The fraction of sp³-hybridized carbons (Fsp3) is 0.214. The van der Waals surface area contributed by atoms with Gasteiger partial charge in [0.25, 0.3) is 5.91 Å². The molecule has 2 aromatic carbocycles. The van der Waals surface area contributed by atoms with E-state index in [1.165, 1.54) is 44.6 Å². The normalized spacial score (nSPS) is 14.6. The Balaban J connectivity index is 1.31. The molecule has 1 N–H and O–H groups in total. The van der Waals surface area contributed by atoms with Crippen LogP contribution < -0.4 is 5.69 Å². The zero-order chi connectivity index (χ0) is 29.8. The third kappa shape index (κ3) is 4.97. The molecule has 1 fully saturated rings. The molecular weight excluding hydrogens is 674 g/mol. The lowest BCUT2D eigenvalue weighted by Crippen LogP contribution is -2.40. The van der Waals surface area contributed by atoms with Gasteiger partial charge in [0, 0.05) is 40.7 Å². The fourth-order valence-electron chi connectivity index (χ4n) is 5.26. The number of carbonyl (C=O) groups excluding carboxylic acids is 1. The van der Waals surface area contributed by atoms with E-state index in [-0.39, 0.29) is 51.9 Å². The van der Waals surface area contributed by atoms with Gasteiger partial charge < -0.3 is 9.88 Å². The number of nitrogens with one attached hydrogen (secondary N) is 1. The van der Waals surface area contributed by atoms with Gasteiger partial charge in [0.1, 0.15) is 5.52 Å². The Kier molecular flexibility index (Phi) is 7.11. The second-order valence-electron chi connectivity index (χ2n) is 9.81. The zero-order valence-electron chi connectivity index (χ0n) is 21.5. The van der Waals surface area contributed by atoms with Crippen molar-refractivity contribution in [3.05, 3.63) is 97.9 Å². The quantitative estimate of drug-likeness (QED) is 0.186. The average molecular weight is 694 g/mol. The van der Waals surface area contributed by atoms with Crippen LogP contribution in [0.15, 0.2) is 65.7 Å². The van der Waals surface area contributed by atoms with Crippen molar-refractivity contribution in [1.82, 2.24) is 29.2 Å². The molecule has 14 heteroatoms. The minimum Gasteiger partial charge on any atom is -0.337 e. The summed E-state index contributed by atoms with van der Waals surface area (Å²) in [5.74, 6) is -2.65. The van der Waals surface area contributed by atoms with E-state index < -0.39 is 41.0 Å². The molecule has 0 spiro atoms. The predicted molar refractivity (Wildman–Crippen MR) is 151 cm³/mol.